The SMILES string of the molecule is CNCc1cn(CC(=O)Nc2ccccc2[N+](=O)[O-])nn1. The Balaban J connectivity index is 2.03. The van der Waals surface area contributed by atoms with Gasteiger partial charge < -0.3 is 10.6 Å². The van der Waals surface area contributed by atoms with Crippen LogP contribution >= 0.6 is 0 Å². The molecule has 21 heavy (non-hydrogen) atoms. The Bertz CT molecular complexity index is 654. The number of nitro benzene ring substituents is 1. The minimum absolute atomic E-state index is 0.0667. The molecule has 9 heteroatoms. The van der Waals surface area contributed by atoms with E-state index in [1.165, 1.54) is 22.9 Å². The van der Waals surface area contributed by atoms with Crippen LogP contribution in [0.3, 0.4) is 0 Å². The van der Waals surface area contributed by atoms with Crippen molar-refractivity contribution in [2.75, 3.05) is 12.4 Å². The lowest BCUT2D eigenvalue weighted by molar-refractivity contribution is -0.383. The Labute approximate surface area is 120 Å². The molecule has 0 aliphatic rings. The number of rotatable bonds is 6. The van der Waals surface area contributed by atoms with Crippen molar-refractivity contribution in [1.82, 2.24) is 20.3 Å². The first-order valence-electron chi connectivity index (χ1n) is 6.17. The number of hydrogen-bond acceptors (Lipinski definition) is 6. The third-order valence-corrected chi connectivity index (χ3v) is 2.62. The number of nitrogens with one attached hydrogen (secondary N) is 2. The van der Waals surface area contributed by atoms with Gasteiger partial charge in [-0.05, 0) is 13.1 Å². The lowest BCUT2D eigenvalue weighted by Crippen LogP contribution is -2.19. The van der Waals surface area contributed by atoms with Crippen LogP contribution in [-0.4, -0.2) is 32.9 Å². The molecular weight excluding hydrogens is 276 g/mol. The average Bonchev–Trinajstić information content (AvgIpc) is 2.86. The van der Waals surface area contributed by atoms with Crippen LogP contribution in [0.4, 0.5) is 11.4 Å². The number of anilines is 1. The van der Waals surface area contributed by atoms with Gasteiger partial charge in [0.05, 0.1) is 16.8 Å². The quantitative estimate of drug-likeness (QED) is 0.593. The molecule has 0 radical (unpaired) electrons. The molecule has 0 spiro atoms. The van der Waals surface area contributed by atoms with E-state index < -0.39 is 10.8 Å². The van der Waals surface area contributed by atoms with Crippen LogP contribution in [-0.2, 0) is 17.9 Å². The van der Waals surface area contributed by atoms with Crippen molar-refractivity contribution in [3.05, 3.63) is 46.3 Å². The number of amides is 1. The monoisotopic (exact) mass is 290 g/mol. The maximum atomic E-state index is 11.9. The number of nitro groups is 1. The van der Waals surface area contributed by atoms with E-state index in [-0.39, 0.29) is 17.9 Å². The molecule has 0 fully saturated rings. The van der Waals surface area contributed by atoms with Gasteiger partial charge in [-0.2, -0.15) is 0 Å². The molecule has 1 aromatic carbocycles. The molecule has 0 atom stereocenters. The zero-order chi connectivity index (χ0) is 15.2. The zero-order valence-electron chi connectivity index (χ0n) is 11.3. The molecule has 2 N–H and O–H groups in total. The van der Waals surface area contributed by atoms with Crippen molar-refractivity contribution in [1.29, 1.82) is 0 Å². The minimum atomic E-state index is -0.546. The molecule has 2 rings (SSSR count). The highest BCUT2D eigenvalue weighted by molar-refractivity contribution is 5.92. The van der Waals surface area contributed by atoms with Crippen molar-refractivity contribution >= 4 is 17.3 Å². The summed E-state index contributed by atoms with van der Waals surface area (Å²) in [7, 11) is 1.78. The van der Waals surface area contributed by atoms with Gasteiger partial charge in [-0.15, -0.1) is 5.10 Å². The predicted molar refractivity (Wildman–Crippen MR) is 74.5 cm³/mol. The second-order valence-corrected chi connectivity index (χ2v) is 4.26. The summed E-state index contributed by atoms with van der Waals surface area (Å²) in [6.45, 7) is 0.481. The van der Waals surface area contributed by atoms with Crippen LogP contribution in [0.15, 0.2) is 30.5 Å². The molecule has 1 amide bonds. The fourth-order valence-electron chi connectivity index (χ4n) is 1.75. The Morgan fingerprint density at radius 1 is 1.43 bits per heavy atom. The number of nitrogens with zero attached hydrogens (tertiary/aromatic N) is 4. The van der Waals surface area contributed by atoms with Gasteiger partial charge in [0, 0.05) is 12.6 Å². The molecule has 0 saturated heterocycles. The standard InChI is InChI=1S/C12H14N6O3/c1-13-6-9-7-17(16-15-9)8-12(19)14-10-4-2-3-5-11(10)18(20)21/h2-5,7,13H,6,8H2,1H3,(H,14,19). The summed E-state index contributed by atoms with van der Waals surface area (Å²) in [6.07, 6.45) is 1.63. The molecule has 2 aromatic rings. The fourth-order valence-corrected chi connectivity index (χ4v) is 1.75. The zero-order valence-corrected chi connectivity index (χ0v) is 11.3. The molecule has 0 unspecified atom stereocenters. The topological polar surface area (TPSA) is 115 Å². The molecule has 0 aliphatic carbocycles. The minimum Gasteiger partial charge on any atom is -0.319 e. The lowest BCUT2D eigenvalue weighted by Gasteiger charge is -2.05. The highest BCUT2D eigenvalue weighted by Gasteiger charge is 2.15. The number of hydrogen-bond donors (Lipinski definition) is 2. The van der Waals surface area contributed by atoms with Crippen LogP contribution in [0.5, 0.6) is 0 Å². The first kappa shape index (κ1) is 14.6. The van der Waals surface area contributed by atoms with E-state index in [4.69, 9.17) is 0 Å². The Morgan fingerprint density at radius 2 is 2.19 bits per heavy atom. The van der Waals surface area contributed by atoms with Crippen molar-refractivity contribution in [3.63, 3.8) is 0 Å². The normalized spacial score (nSPS) is 10.3. The van der Waals surface area contributed by atoms with Gasteiger partial charge in [0.2, 0.25) is 5.91 Å². The van der Waals surface area contributed by atoms with Gasteiger partial charge in [0.1, 0.15) is 12.2 Å². The van der Waals surface area contributed by atoms with E-state index in [1.807, 2.05) is 0 Å². The molecule has 1 aromatic heterocycles. The molecular formula is C12H14N6O3. The van der Waals surface area contributed by atoms with E-state index in [0.717, 1.165) is 0 Å². The molecule has 9 nitrogen and oxygen atoms in total. The third-order valence-electron chi connectivity index (χ3n) is 2.62. The molecule has 0 aliphatic heterocycles. The van der Waals surface area contributed by atoms with E-state index in [1.54, 1.807) is 19.3 Å². The number of benzene rings is 1. The highest BCUT2D eigenvalue weighted by Crippen LogP contribution is 2.22. The van der Waals surface area contributed by atoms with Crippen LogP contribution < -0.4 is 10.6 Å². The summed E-state index contributed by atoms with van der Waals surface area (Å²) >= 11 is 0. The second-order valence-electron chi connectivity index (χ2n) is 4.26. The fraction of sp³-hybridized carbons (Fsp3) is 0.250. The highest BCUT2D eigenvalue weighted by atomic mass is 16.6. The van der Waals surface area contributed by atoms with Gasteiger partial charge in [-0.25, -0.2) is 4.68 Å². The van der Waals surface area contributed by atoms with Crippen molar-refractivity contribution in [2.24, 2.45) is 0 Å². The van der Waals surface area contributed by atoms with E-state index in [9.17, 15) is 14.9 Å². The van der Waals surface area contributed by atoms with Gasteiger partial charge in [0.15, 0.2) is 0 Å². The van der Waals surface area contributed by atoms with Crippen molar-refractivity contribution in [2.45, 2.75) is 13.1 Å². The first-order valence-corrected chi connectivity index (χ1v) is 6.17. The largest absolute Gasteiger partial charge is 0.319 e. The van der Waals surface area contributed by atoms with Crippen molar-refractivity contribution in [3.8, 4) is 0 Å². The number of aromatic nitrogens is 3. The molecule has 0 saturated carbocycles. The molecule has 0 bridgehead atoms. The van der Waals surface area contributed by atoms with Crippen LogP contribution in [0.2, 0.25) is 0 Å². The van der Waals surface area contributed by atoms with Crippen LogP contribution in [0.25, 0.3) is 0 Å². The van der Waals surface area contributed by atoms with Crippen LogP contribution in [0.1, 0.15) is 5.69 Å². The predicted octanol–water partition coefficient (Wildman–Crippen LogP) is 0.544. The lowest BCUT2D eigenvalue weighted by atomic mass is 10.2. The summed E-state index contributed by atoms with van der Waals surface area (Å²) in [5, 5.41) is 24.0. The second kappa shape index (κ2) is 6.57. The Morgan fingerprint density at radius 3 is 2.90 bits per heavy atom. The maximum Gasteiger partial charge on any atom is 0.292 e. The van der Waals surface area contributed by atoms with Gasteiger partial charge in [-0.1, -0.05) is 17.3 Å². The van der Waals surface area contributed by atoms with E-state index in [2.05, 4.69) is 20.9 Å². The van der Waals surface area contributed by atoms with Crippen LogP contribution in [0, 0.1) is 10.1 Å². The summed E-state index contributed by atoms with van der Waals surface area (Å²) in [5.41, 5.74) is 0.708. The molecule has 110 valence electrons. The average molecular weight is 290 g/mol. The van der Waals surface area contributed by atoms with Gasteiger partial charge in [-0.3, -0.25) is 14.9 Å². The Hall–Kier alpha value is -2.81. The summed E-state index contributed by atoms with van der Waals surface area (Å²) in [5.74, 6) is -0.412. The third kappa shape index (κ3) is 3.83. The number of carbonyl (C=O) groups is 1. The van der Waals surface area contributed by atoms with Gasteiger partial charge >= 0.3 is 0 Å². The van der Waals surface area contributed by atoms with Crippen molar-refractivity contribution < 1.29 is 9.72 Å². The number of para-hydroxylation sites is 2. The van der Waals surface area contributed by atoms with E-state index >= 15 is 0 Å². The van der Waals surface area contributed by atoms with E-state index in [0.29, 0.717) is 12.2 Å². The summed E-state index contributed by atoms with van der Waals surface area (Å²) < 4.78 is 1.37. The number of carbonyl (C=O) groups excluding carboxylic acids is 1. The molecule has 1 heterocycles. The Kier molecular flexibility index (Phi) is 4.57. The summed E-state index contributed by atoms with van der Waals surface area (Å²) in [6, 6.07) is 5.96. The maximum absolute atomic E-state index is 11.9. The summed E-state index contributed by atoms with van der Waals surface area (Å²) in [4.78, 5) is 22.2. The smallest absolute Gasteiger partial charge is 0.292 e. The first-order chi connectivity index (χ1) is 10.1. The van der Waals surface area contributed by atoms with Gasteiger partial charge in [0.25, 0.3) is 5.69 Å².